The number of nitrogens with one attached hydrogen (secondary N) is 1. The van der Waals surface area contributed by atoms with Gasteiger partial charge < -0.3 is 5.32 Å². The first-order chi connectivity index (χ1) is 7.95. The van der Waals surface area contributed by atoms with Crippen LogP contribution in [0.3, 0.4) is 0 Å². The van der Waals surface area contributed by atoms with Gasteiger partial charge >= 0.3 is 0 Å². The summed E-state index contributed by atoms with van der Waals surface area (Å²) in [6.45, 7) is 3.99. The lowest BCUT2D eigenvalue weighted by Crippen LogP contribution is -2.38. The number of rotatable bonds is 4. The maximum Gasteiger partial charge on any atom is 0.252 e. The quantitative estimate of drug-likeness (QED) is 0.567. The molecule has 0 fully saturated rings. The monoisotopic (exact) mass is 429 g/mol. The molecule has 1 aromatic rings. The molecule has 0 aromatic heterocycles. The third-order valence-electron chi connectivity index (χ3n) is 2.63. The number of hydrogen-bond donors (Lipinski definition) is 1. The highest BCUT2D eigenvalue weighted by Gasteiger charge is 2.16. The predicted octanol–water partition coefficient (Wildman–Crippen LogP) is 4.05. The van der Waals surface area contributed by atoms with E-state index in [1.807, 2.05) is 32.0 Å². The normalized spacial score (nSPS) is 14.2. The van der Waals surface area contributed by atoms with Crippen molar-refractivity contribution < 1.29 is 4.79 Å². The topological polar surface area (TPSA) is 29.1 Å². The number of benzene rings is 1. The molecule has 94 valence electrons. The fraction of sp³-hybridized carbons (Fsp3) is 0.417. The Hall–Kier alpha value is 0.190. The number of carbonyl (C=O) groups is 1. The van der Waals surface area contributed by atoms with Gasteiger partial charge in [0.15, 0.2) is 0 Å². The Morgan fingerprint density at radius 3 is 2.76 bits per heavy atom. The molecule has 0 radical (unpaired) electrons. The van der Waals surface area contributed by atoms with E-state index in [0.29, 0.717) is 11.4 Å². The van der Waals surface area contributed by atoms with Crippen molar-refractivity contribution in [3.63, 3.8) is 0 Å². The van der Waals surface area contributed by atoms with Crippen molar-refractivity contribution in [3.05, 3.63) is 31.8 Å². The third-order valence-corrected chi connectivity index (χ3v) is 4.55. The Labute approximate surface area is 129 Å². The van der Waals surface area contributed by atoms with Crippen LogP contribution in [0.25, 0.3) is 0 Å². The summed E-state index contributed by atoms with van der Waals surface area (Å²) in [5, 5.41) is 2.97. The predicted molar refractivity (Wildman–Crippen MR) is 83.7 cm³/mol. The summed E-state index contributed by atoms with van der Waals surface area (Å²) in [6, 6.07) is 5.73. The second-order valence-corrected chi connectivity index (χ2v) is 6.40. The molecule has 0 aliphatic rings. The van der Waals surface area contributed by atoms with Crippen molar-refractivity contribution in [1.82, 2.24) is 5.32 Å². The van der Waals surface area contributed by atoms with Crippen LogP contribution in [-0.2, 0) is 0 Å². The minimum atomic E-state index is -0.0554. The smallest absolute Gasteiger partial charge is 0.252 e. The summed E-state index contributed by atoms with van der Waals surface area (Å²) in [7, 11) is 0. The first-order valence-electron chi connectivity index (χ1n) is 5.27. The second kappa shape index (κ2) is 6.95. The summed E-state index contributed by atoms with van der Waals surface area (Å²) in [4.78, 5) is 12.1. The fourth-order valence-electron chi connectivity index (χ4n) is 1.23. The zero-order chi connectivity index (χ0) is 13.0. The first kappa shape index (κ1) is 15.2. The van der Waals surface area contributed by atoms with Gasteiger partial charge in [-0.15, -0.1) is 11.6 Å². The number of alkyl halides is 1. The van der Waals surface area contributed by atoms with Gasteiger partial charge in [0.05, 0.1) is 5.56 Å². The highest BCUT2D eigenvalue weighted by Crippen LogP contribution is 2.18. The number of halogens is 3. The number of amides is 1. The number of carbonyl (C=O) groups excluding carboxylic acids is 1. The molecule has 2 atom stereocenters. The van der Waals surface area contributed by atoms with E-state index in [1.54, 1.807) is 0 Å². The molecule has 0 saturated carbocycles. The maximum atomic E-state index is 12.1. The summed E-state index contributed by atoms with van der Waals surface area (Å²) in [6.07, 6.45) is 0. The van der Waals surface area contributed by atoms with Crippen LogP contribution in [0.2, 0.25) is 0 Å². The lowest BCUT2D eigenvalue weighted by molar-refractivity contribution is 0.0930. The molecule has 0 aliphatic carbocycles. The molecule has 1 aromatic carbocycles. The van der Waals surface area contributed by atoms with Gasteiger partial charge in [-0.2, -0.15) is 0 Å². The van der Waals surface area contributed by atoms with Gasteiger partial charge in [-0.1, -0.05) is 22.9 Å². The van der Waals surface area contributed by atoms with Crippen molar-refractivity contribution in [1.29, 1.82) is 0 Å². The van der Waals surface area contributed by atoms with Crippen molar-refractivity contribution in [2.75, 3.05) is 5.88 Å². The van der Waals surface area contributed by atoms with Gasteiger partial charge in [0, 0.05) is 20.0 Å². The lowest BCUT2D eigenvalue weighted by atomic mass is 10.1. The van der Waals surface area contributed by atoms with Crippen molar-refractivity contribution >= 4 is 56.0 Å². The van der Waals surface area contributed by atoms with Crippen molar-refractivity contribution in [2.24, 2.45) is 5.92 Å². The van der Waals surface area contributed by atoms with Gasteiger partial charge in [0.25, 0.3) is 5.91 Å². The molecule has 0 spiro atoms. The van der Waals surface area contributed by atoms with E-state index in [4.69, 9.17) is 11.6 Å². The Morgan fingerprint density at radius 2 is 2.18 bits per heavy atom. The molecular formula is C12H14BrClINO. The minimum Gasteiger partial charge on any atom is -0.349 e. The van der Waals surface area contributed by atoms with Crippen LogP contribution in [0.1, 0.15) is 24.2 Å². The maximum absolute atomic E-state index is 12.1. The highest BCUT2D eigenvalue weighted by molar-refractivity contribution is 14.1. The summed E-state index contributed by atoms with van der Waals surface area (Å²) in [5.41, 5.74) is 0.689. The Balaban J connectivity index is 2.79. The average molecular weight is 431 g/mol. The standard InChI is InChI=1S/C12H14BrClINO/c1-7(6-14)8(2)16-12(17)10-5-9(13)3-4-11(10)15/h3-5,7-8H,6H2,1-2H3,(H,16,17). The fourth-order valence-corrected chi connectivity index (χ4v) is 2.44. The largest absolute Gasteiger partial charge is 0.349 e. The molecule has 0 aliphatic heterocycles. The molecule has 0 heterocycles. The molecule has 1 N–H and O–H groups in total. The van der Waals surface area contributed by atoms with Crippen LogP contribution in [0.5, 0.6) is 0 Å². The van der Waals surface area contributed by atoms with Crippen LogP contribution >= 0.6 is 50.1 Å². The number of hydrogen-bond acceptors (Lipinski definition) is 1. The molecule has 2 unspecified atom stereocenters. The molecule has 0 bridgehead atoms. The molecule has 1 amide bonds. The van der Waals surface area contributed by atoms with Crippen LogP contribution in [0.4, 0.5) is 0 Å². The van der Waals surface area contributed by atoms with Crippen molar-refractivity contribution in [3.8, 4) is 0 Å². The molecular weight excluding hydrogens is 416 g/mol. The summed E-state index contributed by atoms with van der Waals surface area (Å²) in [5.74, 6) is 0.738. The zero-order valence-electron chi connectivity index (χ0n) is 9.64. The van der Waals surface area contributed by atoms with E-state index in [0.717, 1.165) is 8.04 Å². The molecule has 2 nitrogen and oxygen atoms in total. The highest BCUT2D eigenvalue weighted by atomic mass is 127. The van der Waals surface area contributed by atoms with E-state index in [1.165, 1.54) is 0 Å². The Morgan fingerprint density at radius 1 is 1.53 bits per heavy atom. The van der Waals surface area contributed by atoms with E-state index < -0.39 is 0 Å². The minimum absolute atomic E-state index is 0.0554. The molecule has 1 rings (SSSR count). The summed E-state index contributed by atoms with van der Waals surface area (Å²) < 4.78 is 1.84. The van der Waals surface area contributed by atoms with Gasteiger partial charge in [-0.3, -0.25) is 4.79 Å². The zero-order valence-corrected chi connectivity index (χ0v) is 14.1. The van der Waals surface area contributed by atoms with Crippen LogP contribution in [0, 0.1) is 9.49 Å². The lowest BCUT2D eigenvalue weighted by Gasteiger charge is -2.19. The average Bonchev–Trinajstić information content (AvgIpc) is 2.30. The van der Waals surface area contributed by atoms with Crippen LogP contribution in [0.15, 0.2) is 22.7 Å². The van der Waals surface area contributed by atoms with Crippen LogP contribution < -0.4 is 5.32 Å². The van der Waals surface area contributed by atoms with Gasteiger partial charge in [-0.25, -0.2) is 0 Å². The van der Waals surface area contributed by atoms with Crippen molar-refractivity contribution in [2.45, 2.75) is 19.9 Å². The molecule has 5 heteroatoms. The van der Waals surface area contributed by atoms with E-state index >= 15 is 0 Å². The third kappa shape index (κ3) is 4.41. The Kier molecular flexibility index (Phi) is 6.23. The Bertz CT molecular complexity index is 413. The van der Waals surface area contributed by atoms with Gasteiger partial charge in [0.2, 0.25) is 0 Å². The first-order valence-corrected chi connectivity index (χ1v) is 7.68. The second-order valence-electron chi connectivity index (χ2n) is 4.02. The van der Waals surface area contributed by atoms with Crippen LogP contribution in [-0.4, -0.2) is 17.8 Å². The van der Waals surface area contributed by atoms with E-state index in [9.17, 15) is 4.79 Å². The van der Waals surface area contributed by atoms with E-state index in [-0.39, 0.29) is 17.9 Å². The van der Waals surface area contributed by atoms with Gasteiger partial charge in [-0.05, 0) is 53.6 Å². The van der Waals surface area contributed by atoms with Gasteiger partial charge in [0.1, 0.15) is 0 Å². The molecule has 17 heavy (non-hydrogen) atoms. The van der Waals surface area contributed by atoms with E-state index in [2.05, 4.69) is 43.8 Å². The SMILES string of the molecule is CC(CCl)C(C)NC(=O)c1cc(Br)ccc1I. The molecule has 0 saturated heterocycles. The summed E-state index contributed by atoms with van der Waals surface area (Å²) >= 11 is 11.3.